The second kappa shape index (κ2) is 9.24. The number of carbonyl (C=O) groups is 1. The third-order valence-electron chi connectivity index (χ3n) is 6.32. The van der Waals surface area contributed by atoms with Crippen molar-refractivity contribution in [2.24, 2.45) is 10.9 Å². The number of carbonyl (C=O) groups excluding carboxylic acids is 1. The number of ether oxygens (including phenoxy) is 1. The molecule has 1 saturated carbocycles. The van der Waals surface area contributed by atoms with E-state index in [1.807, 2.05) is 7.05 Å². The molecule has 0 spiro atoms. The van der Waals surface area contributed by atoms with Gasteiger partial charge in [-0.1, -0.05) is 12.8 Å². The summed E-state index contributed by atoms with van der Waals surface area (Å²) in [6, 6.07) is 0.285. The van der Waals surface area contributed by atoms with Crippen molar-refractivity contribution in [2.45, 2.75) is 57.5 Å². The molecule has 0 aromatic carbocycles. The lowest BCUT2D eigenvalue weighted by Gasteiger charge is -2.41. The highest BCUT2D eigenvalue weighted by Crippen LogP contribution is 2.27. The third kappa shape index (κ3) is 5.35. The molecule has 2 saturated heterocycles. The molecule has 154 valence electrons. The first-order valence-electron chi connectivity index (χ1n) is 10.6. The van der Waals surface area contributed by atoms with E-state index in [2.05, 4.69) is 39.3 Å². The Hall–Kier alpha value is -1.34. The molecule has 1 aliphatic carbocycles. The van der Waals surface area contributed by atoms with Crippen molar-refractivity contribution < 1.29 is 9.53 Å². The molecule has 1 unspecified atom stereocenters. The van der Waals surface area contributed by atoms with Gasteiger partial charge in [0, 0.05) is 57.3 Å². The van der Waals surface area contributed by atoms with Crippen LogP contribution in [0, 0.1) is 5.92 Å². The van der Waals surface area contributed by atoms with Crippen molar-refractivity contribution >= 4 is 11.9 Å². The van der Waals surface area contributed by atoms with E-state index in [1.54, 1.807) is 0 Å². The molecule has 0 aromatic heterocycles. The van der Waals surface area contributed by atoms with Gasteiger partial charge in [0.1, 0.15) is 0 Å². The molecular formula is C20H37N5O2. The van der Waals surface area contributed by atoms with Gasteiger partial charge in [0.05, 0.1) is 13.2 Å². The summed E-state index contributed by atoms with van der Waals surface area (Å²) in [5.74, 6) is 1.47. The number of guanidine groups is 1. The van der Waals surface area contributed by atoms with Gasteiger partial charge in [0.25, 0.3) is 0 Å². The maximum atomic E-state index is 12.6. The largest absolute Gasteiger partial charge is 0.379 e. The van der Waals surface area contributed by atoms with Crippen LogP contribution in [-0.2, 0) is 9.53 Å². The molecule has 7 nitrogen and oxygen atoms in total. The molecular weight excluding hydrogens is 342 g/mol. The topological polar surface area (TPSA) is 69.2 Å². The van der Waals surface area contributed by atoms with Gasteiger partial charge in [-0.25, -0.2) is 0 Å². The predicted molar refractivity (Wildman–Crippen MR) is 108 cm³/mol. The fraction of sp³-hybridized carbons (Fsp3) is 0.900. The number of likely N-dealkylation sites (tertiary alicyclic amines) is 1. The number of hydrogen-bond acceptors (Lipinski definition) is 4. The first-order valence-corrected chi connectivity index (χ1v) is 10.6. The van der Waals surface area contributed by atoms with Gasteiger partial charge in [-0.3, -0.25) is 14.7 Å². The Morgan fingerprint density at radius 1 is 1.15 bits per heavy atom. The van der Waals surface area contributed by atoms with E-state index in [1.165, 1.54) is 12.8 Å². The van der Waals surface area contributed by atoms with Gasteiger partial charge >= 0.3 is 0 Å². The SMILES string of the molecule is CN=C(NCC(C)(C)N1CCOCC1)NC1CCN(C(=O)C2CCCC2)C1. The Morgan fingerprint density at radius 2 is 1.85 bits per heavy atom. The summed E-state index contributed by atoms with van der Waals surface area (Å²) in [5, 5.41) is 7.00. The number of amides is 1. The number of rotatable bonds is 5. The minimum Gasteiger partial charge on any atom is -0.379 e. The molecule has 7 heteroatoms. The van der Waals surface area contributed by atoms with E-state index in [4.69, 9.17) is 4.74 Å². The maximum Gasteiger partial charge on any atom is 0.225 e. The van der Waals surface area contributed by atoms with Gasteiger partial charge < -0.3 is 20.3 Å². The maximum absolute atomic E-state index is 12.6. The van der Waals surface area contributed by atoms with Crippen molar-refractivity contribution in [3.8, 4) is 0 Å². The molecule has 3 rings (SSSR count). The van der Waals surface area contributed by atoms with Crippen LogP contribution in [0.4, 0.5) is 0 Å². The van der Waals surface area contributed by atoms with Gasteiger partial charge in [-0.05, 0) is 33.1 Å². The Labute approximate surface area is 163 Å². The van der Waals surface area contributed by atoms with E-state index in [0.717, 1.165) is 71.2 Å². The lowest BCUT2D eigenvalue weighted by Crippen LogP contribution is -2.57. The molecule has 0 radical (unpaired) electrons. The summed E-state index contributed by atoms with van der Waals surface area (Å²) in [4.78, 5) is 21.5. The minimum atomic E-state index is 0.0432. The quantitative estimate of drug-likeness (QED) is 0.552. The summed E-state index contributed by atoms with van der Waals surface area (Å²) in [6.07, 6.45) is 5.56. The molecule has 2 N–H and O–H groups in total. The zero-order chi connectivity index (χ0) is 19.3. The summed E-state index contributed by atoms with van der Waals surface area (Å²) < 4.78 is 5.47. The van der Waals surface area contributed by atoms with E-state index in [0.29, 0.717) is 5.91 Å². The molecule has 1 atom stereocenters. The van der Waals surface area contributed by atoms with Gasteiger partial charge in [-0.15, -0.1) is 0 Å². The Balaban J connectivity index is 1.44. The highest BCUT2D eigenvalue weighted by Gasteiger charge is 2.33. The van der Waals surface area contributed by atoms with Crippen LogP contribution in [0.15, 0.2) is 4.99 Å². The zero-order valence-electron chi connectivity index (χ0n) is 17.3. The molecule has 0 aromatic rings. The summed E-state index contributed by atoms with van der Waals surface area (Å²) in [5.41, 5.74) is 0.0432. The van der Waals surface area contributed by atoms with Crippen LogP contribution in [0.25, 0.3) is 0 Å². The van der Waals surface area contributed by atoms with Crippen molar-refractivity contribution in [2.75, 3.05) is 53.0 Å². The van der Waals surface area contributed by atoms with Crippen LogP contribution in [0.2, 0.25) is 0 Å². The second-order valence-electron chi connectivity index (χ2n) is 8.73. The average molecular weight is 380 g/mol. The van der Waals surface area contributed by atoms with Crippen LogP contribution in [0.1, 0.15) is 46.0 Å². The summed E-state index contributed by atoms with van der Waals surface area (Å²) in [7, 11) is 1.81. The molecule has 1 amide bonds. The first kappa shape index (κ1) is 20.4. The molecule has 2 aliphatic heterocycles. The minimum absolute atomic E-state index is 0.0432. The van der Waals surface area contributed by atoms with Crippen LogP contribution in [0.5, 0.6) is 0 Å². The van der Waals surface area contributed by atoms with Gasteiger partial charge in [0.15, 0.2) is 5.96 Å². The normalized spacial score (nSPS) is 25.8. The smallest absolute Gasteiger partial charge is 0.225 e. The van der Waals surface area contributed by atoms with E-state index in [9.17, 15) is 4.79 Å². The average Bonchev–Trinajstić information content (AvgIpc) is 3.37. The van der Waals surface area contributed by atoms with Crippen molar-refractivity contribution in [1.29, 1.82) is 0 Å². The zero-order valence-corrected chi connectivity index (χ0v) is 17.3. The fourth-order valence-electron chi connectivity index (χ4n) is 4.48. The Morgan fingerprint density at radius 3 is 2.52 bits per heavy atom. The van der Waals surface area contributed by atoms with Crippen LogP contribution >= 0.6 is 0 Å². The second-order valence-corrected chi connectivity index (χ2v) is 8.73. The lowest BCUT2D eigenvalue weighted by atomic mass is 10.0. The molecule has 2 heterocycles. The van der Waals surface area contributed by atoms with Crippen molar-refractivity contribution in [3.05, 3.63) is 0 Å². The molecule has 3 fully saturated rings. The van der Waals surface area contributed by atoms with Gasteiger partial charge in [-0.2, -0.15) is 0 Å². The predicted octanol–water partition coefficient (Wildman–Crippen LogP) is 1.05. The third-order valence-corrected chi connectivity index (χ3v) is 6.32. The number of aliphatic imine (C=N–C) groups is 1. The first-order chi connectivity index (χ1) is 13.0. The summed E-state index contributed by atoms with van der Waals surface area (Å²) in [6.45, 7) is 10.6. The van der Waals surface area contributed by atoms with E-state index >= 15 is 0 Å². The lowest BCUT2D eigenvalue weighted by molar-refractivity contribution is -0.134. The van der Waals surface area contributed by atoms with Crippen LogP contribution in [0.3, 0.4) is 0 Å². The van der Waals surface area contributed by atoms with Crippen molar-refractivity contribution in [1.82, 2.24) is 20.4 Å². The fourth-order valence-corrected chi connectivity index (χ4v) is 4.48. The number of nitrogens with zero attached hydrogens (tertiary/aromatic N) is 3. The monoisotopic (exact) mass is 379 g/mol. The molecule has 3 aliphatic rings. The van der Waals surface area contributed by atoms with Gasteiger partial charge in [0.2, 0.25) is 5.91 Å². The van der Waals surface area contributed by atoms with Crippen LogP contribution < -0.4 is 10.6 Å². The summed E-state index contributed by atoms with van der Waals surface area (Å²) >= 11 is 0. The molecule has 27 heavy (non-hydrogen) atoms. The number of morpholine rings is 1. The van der Waals surface area contributed by atoms with Crippen molar-refractivity contribution in [3.63, 3.8) is 0 Å². The Kier molecular flexibility index (Phi) is 6.98. The van der Waals surface area contributed by atoms with Crippen LogP contribution in [-0.4, -0.2) is 86.2 Å². The highest BCUT2D eigenvalue weighted by molar-refractivity contribution is 5.81. The number of nitrogens with one attached hydrogen (secondary N) is 2. The molecule has 0 bridgehead atoms. The van der Waals surface area contributed by atoms with E-state index in [-0.39, 0.29) is 17.5 Å². The standard InChI is InChI=1S/C20H37N5O2/c1-20(2,25-10-12-27-13-11-25)15-22-19(21-3)23-17-8-9-24(14-17)18(26)16-6-4-5-7-16/h16-17H,4-15H2,1-3H3,(H2,21,22,23). The highest BCUT2D eigenvalue weighted by atomic mass is 16.5. The number of hydrogen-bond donors (Lipinski definition) is 2. The Bertz CT molecular complexity index is 524. The van der Waals surface area contributed by atoms with E-state index < -0.39 is 0 Å².